The van der Waals surface area contributed by atoms with Crippen molar-refractivity contribution in [2.45, 2.75) is 13.0 Å². The highest BCUT2D eigenvalue weighted by molar-refractivity contribution is 6.33. The normalized spacial score (nSPS) is 10.4. The van der Waals surface area contributed by atoms with Gasteiger partial charge in [-0.15, -0.1) is 0 Å². The molecule has 3 N–H and O–H groups in total. The fourth-order valence-corrected chi connectivity index (χ4v) is 2.26. The molecule has 0 saturated heterocycles. The molecule has 2 aromatic rings. The molecule has 0 bridgehead atoms. The van der Waals surface area contributed by atoms with E-state index in [-0.39, 0.29) is 5.69 Å². The smallest absolute Gasteiger partial charge is 0.293 e. The summed E-state index contributed by atoms with van der Waals surface area (Å²) in [6.07, 6.45) is 0.837. The predicted molar refractivity (Wildman–Crippen MR) is 84.6 cm³/mol. The lowest BCUT2D eigenvalue weighted by atomic mass is 10.1. The summed E-state index contributed by atoms with van der Waals surface area (Å²) in [5.41, 5.74) is 8.01. The third-order valence-corrected chi connectivity index (χ3v) is 3.43. The van der Waals surface area contributed by atoms with Crippen molar-refractivity contribution in [2.75, 3.05) is 11.9 Å². The fourth-order valence-electron chi connectivity index (χ4n) is 2.02. The van der Waals surface area contributed by atoms with Gasteiger partial charge >= 0.3 is 0 Å². The predicted octanol–water partition coefficient (Wildman–Crippen LogP) is 3.36. The lowest BCUT2D eigenvalue weighted by Crippen LogP contribution is -2.04. The standard InChI is InChI=1S/C15H16ClN3O2/c16-13-2-1-3-14(19(20)21)15(13)18-10-12-6-4-11(5-7-12)8-9-17/h1-7,18H,8-10,17H2. The fraction of sp³-hybridized carbons (Fsp3) is 0.200. The minimum atomic E-state index is -0.446. The van der Waals surface area contributed by atoms with Crippen LogP contribution in [0, 0.1) is 10.1 Å². The first-order valence-electron chi connectivity index (χ1n) is 6.56. The van der Waals surface area contributed by atoms with Crippen molar-refractivity contribution in [3.05, 3.63) is 68.7 Å². The number of halogens is 1. The summed E-state index contributed by atoms with van der Waals surface area (Å²) >= 11 is 6.03. The van der Waals surface area contributed by atoms with Gasteiger partial charge in [0.2, 0.25) is 0 Å². The first-order valence-corrected chi connectivity index (χ1v) is 6.94. The SMILES string of the molecule is NCCc1ccc(CNc2c(Cl)cccc2[N+](=O)[O-])cc1. The number of nitro benzene ring substituents is 1. The molecule has 0 saturated carbocycles. The Morgan fingerprint density at radius 2 is 1.81 bits per heavy atom. The van der Waals surface area contributed by atoms with Crippen LogP contribution in [0.1, 0.15) is 11.1 Å². The summed E-state index contributed by atoms with van der Waals surface area (Å²) in [5.74, 6) is 0. The Morgan fingerprint density at radius 3 is 2.43 bits per heavy atom. The van der Waals surface area contributed by atoms with Gasteiger partial charge in [0.25, 0.3) is 5.69 Å². The summed E-state index contributed by atoms with van der Waals surface area (Å²) in [4.78, 5) is 10.6. The van der Waals surface area contributed by atoms with Crippen molar-refractivity contribution >= 4 is 23.0 Å². The van der Waals surface area contributed by atoms with Gasteiger partial charge in [-0.1, -0.05) is 41.9 Å². The lowest BCUT2D eigenvalue weighted by molar-refractivity contribution is -0.383. The quantitative estimate of drug-likeness (QED) is 0.633. The number of anilines is 1. The molecule has 2 rings (SSSR count). The lowest BCUT2D eigenvalue weighted by Gasteiger charge is -2.09. The zero-order valence-electron chi connectivity index (χ0n) is 11.4. The van der Waals surface area contributed by atoms with Crippen LogP contribution in [-0.2, 0) is 13.0 Å². The minimum absolute atomic E-state index is 0.0257. The molecule has 0 spiro atoms. The molecule has 2 aromatic carbocycles. The van der Waals surface area contributed by atoms with Crippen molar-refractivity contribution < 1.29 is 4.92 Å². The van der Waals surface area contributed by atoms with Crippen LogP contribution in [0.3, 0.4) is 0 Å². The molecule has 6 heteroatoms. The Kier molecular flexibility index (Phi) is 5.14. The Morgan fingerprint density at radius 1 is 1.14 bits per heavy atom. The third-order valence-electron chi connectivity index (χ3n) is 3.11. The first-order chi connectivity index (χ1) is 10.1. The van der Waals surface area contributed by atoms with Crippen LogP contribution >= 0.6 is 11.6 Å². The highest BCUT2D eigenvalue weighted by atomic mass is 35.5. The van der Waals surface area contributed by atoms with Crippen LogP contribution in [0.25, 0.3) is 0 Å². The summed E-state index contributed by atoms with van der Waals surface area (Å²) in [7, 11) is 0. The largest absolute Gasteiger partial charge is 0.374 e. The maximum atomic E-state index is 11.0. The van der Waals surface area contributed by atoms with Crippen molar-refractivity contribution in [3.8, 4) is 0 Å². The molecular weight excluding hydrogens is 290 g/mol. The Hall–Kier alpha value is -2.11. The second-order valence-electron chi connectivity index (χ2n) is 4.60. The second-order valence-corrected chi connectivity index (χ2v) is 5.01. The van der Waals surface area contributed by atoms with Crippen molar-refractivity contribution in [3.63, 3.8) is 0 Å². The van der Waals surface area contributed by atoms with Crippen LogP contribution in [0.15, 0.2) is 42.5 Å². The van der Waals surface area contributed by atoms with Gasteiger partial charge in [0.05, 0.1) is 9.95 Å². The van der Waals surface area contributed by atoms with Crippen molar-refractivity contribution in [1.29, 1.82) is 0 Å². The molecule has 0 aliphatic carbocycles. The molecule has 5 nitrogen and oxygen atoms in total. The summed E-state index contributed by atoms with van der Waals surface area (Å²) in [5, 5.41) is 14.4. The molecule has 0 heterocycles. The van der Waals surface area contributed by atoms with Crippen LogP contribution in [0.4, 0.5) is 11.4 Å². The summed E-state index contributed by atoms with van der Waals surface area (Å²) < 4.78 is 0. The molecule has 0 aliphatic rings. The maximum Gasteiger partial charge on any atom is 0.293 e. The Balaban J connectivity index is 2.11. The maximum absolute atomic E-state index is 11.0. The number of nitrogens with one attached hydrogen (secondary N) is 1. The van der Waals surface area contributed by atoms with Gasteiger partial charge in [-0.05, 0) is 30.2 Å². The molecule has 0 amide bonds. The van der Waals surface area contributed by atoms with Gasteiger partial charge in [-0.2, -0.15) is 0 Å². The zero-order chi connectivity index (χ0) is 15.2. The second kappa shape index (κ2) is 7.06. The number of nitrogens with zero attached hydrogens (tertiary/aromatic N) is 1. The zero-order valence-corrected chi connectivity index (χ0v) is 12.1. The number of nitro groups is 1. The molecule has 21 heavy (non-hydrogen) atoms. The molecule has 0 atom stereocenters. The van der Waals surface area contributed by atoms with Gasteiger partial charge in [-0.3, -0.25) is 10.1 Å². The highest BCUT2D eigenvalue weighted by Gasteiger charge is 2.15. The van der Waals surface area contributed by atoms with E-state index in [1.165, 1.54) is 11.6 Å². The average Bonchev–Trinajstić information content (AvgIpc) is 2.47. The molecule has 0 radical (unpaired) electrons. The van der Waals surface area contributed by atoms with Gasteiger partial charge in [0.1, 0.15) is 5.69 Å². The van der Waals surface area contributed by atoms with E-state index in [1.54, 1.807) is 12.1 Å². The van der Waals surface area contributed by atoms with E-state index >= 15 is 0 Å². The van der Waals surface area contributed by atoms with Gasteiger partial charge in [0, 0.05) is 12.6 Å². The van der Waals surface area contributed by atoms with E-state index < -0.39 is 4.92 Å². The third kappa shape index (κ3) is 3.93. The Bertz CT molecular complexity index is 629. The Labute approximate surface area is 127 Å². The van der Waals surface area contributed by atoms with Crippen molar-refractivity contribution in [2.24, 2.45) is 5.73 Å². The van der Waals surface area contributed by atoms with E-state index in [4.69, 9.17) is 17.3 Å². The van der Waals surface area contributed by atoms with Crippen LogP contribution in [-0.4, -0.2) is 11.5 Å². The molecular formula is C15H16ClN3O2. The number of benzene rings is 2. The highest BCUT2D eigenvalue weighted by Crippen LogP contribution is 2.32. The summed E-state index contributed by atoms with van der Waals surface area (Å²) in [6.45, 7) is 1.08. The van der Waals surface area contributed by atoms with E-state index in [0.717, 1.165) is 12.0 Å². The molecule has 0 aromatic heterocycles. The number of rotatable bonds is 6. The first kappa shape index (κ1) is 15.3. The number of hydrogen-bond donors (Lipinski definition) is 2. The van der Waals surface area contributed by atoms with Gasteiger partial charge < -0.3 is 11.1 Å². The number of para-hydroxylation sites is 1. The molecule has 110 valence electrons. The average molecular weight is 306 g/mol. The summed E-state index contributed by atoms with van der Waals surface area (Å²) in [6, 6.07) is 12.6. The van der Waals surface area contributed by atoms with Crippen LogP contribution < -0.4 is 11.1 Å². The molecule has 0 aliphatic heterocycles. The number of hydrogen-bond acceptors (Lipinski definition) is 4. The van der Waals surface area contributed by atoms with E-state index in [0.29, 0.717) is 23.8 Å². The number of nitrogens with two attached hydrogens (primary N) is 1. The van der Waals surface area contributed by atoms with E-state index in [2.05, 4.69) is 5.32 Å². The monoisotopic (exact) mass is 305 g/mol. The minimum Gasteiger partial charge on any atom is -0.374 e. The van der Waals surface area contributed by atoms with Crippen molar-refractivity contribution in [1.82, 2.24) is 0 Å². The van der Waals surface area contributed by atoms with Crippen LogP contribution in [0.2, 0.25) is 5.02 Å². The van der Waals surface area contributed by atoms with Crippen LogP contribution in [0.5, 0.6) is 0 Å². The molecule has 0 unspecified atom stereocenters. The molecule has 0 fully saturated rings. The van der Waals surface area contributed by atoms with Gasteiger partial charge in [0.15, 0.2) is 0 Å². The van der Waals surface area contributed by atoms with E-state index in [9.17, 15) is 10.1 Å². The van der Waals surface area contributed by atoms with Gasteiger partial charge in [-0.25, -0.2) is 0 Å². The van der Waals surface area contributed by atoms with E-state index in [1.807, 2.05) is 24.3 Å². The topological polar surface area (TPSA) is 81.2 Å².